The summed E-state index contributed by atoms with van der Waals surface area (Å²) in [4.78, 5) is 1.46. The summed E-state index contributed by atoms with van der Waals surface area (Å²) in [5, 5.41) is 2.99. The van der Waals surface area contributed by atoms with Gasteiger partial charge in [0.1, 0.15) is 5.82 Å². The molecule has 21 heavy (non-hydrogen) atoms. The molecule has 0 saturated heterocycles. The van der Waals surface area contributed by atoms with Crippen molar-refractivity contribution in [2.75, 3.05) is 20.1 Å². The molecule has 1 aromatic carbocycles. The second-order valence-electron chi connectivity index (χ2n) is 5.47. The maximum atomic E-state index is 13.8. The Morgan fingerprint density at radius 1 is 1.29 bits per heavy atom. The summed E-state index contributed by atoms with van der Waals surface area (Å²) in [7, 11) is 1.70. The number of alkyl halides is 3. The maximum Gasteiger partial charge on any atom is 0.401 e. The predicted octanol–water partition coefficient (Wildman–Crippen LogP) is 3.50. The van der Waals surface area contributed by atoms with Crippen LogP contribution in [-0.2, 0) is 0 Å². The van der Waals surface area contributed by atoms with E-state index in [0.717, 1.165) is 12.8 Å². The normalized spacial score (nSPS) is 17.2. The van der Waals surface area contributed by atoms with Crippen LogP contribution in [0.5, 0.6) is 0 Å². The molecule has 1 aliphatic rings. The molecular weight excluding hydrogens is 284 g/mol. The molecule has 0 radical (unpaired) electrons. The second-order valence-corrected chi connectivity index (χ2v) is 5.47. The fraction of sp³-hybridized carbons (Fsp3) is 0.600. The maximum absolute atomic E-state index is 13.8. The number of halogens is 4. The fourth-order valence-corrected chi connectivity index (χ4v) is 2.57. The van der Waals surface area contributed by atoms with Gasteiger partial charge < -0.3 is 5.32 Å². The number of nitrogens with zero attached hydrogens (tertiary/aromatic N) is 1. The molecule has 118 valence electrons. The average molecular weight is 304 g/mol. The number of benzene rings is 1. The van der Waals surface area contributed by atoms with E-state index in [4.69, 9.17) is 0 Å². The van der Waals surface area contributed by atoms with Gasteiger partial charge in [0.15, 0.2) is 0 Å². The molecule has 2 rings (SSSR count). The smallest absolute Gasteiger partial charge is 0.313 e. The minimum absolute atomic E-state index is 0.0322. The molecule has 0 aromatic heterocycles. The van der Waals surface area contributed by atoms with Crippen LogP contribution in [0.2, 0.25) is 0 Å². The zero-order valence-corrected chi connectivity index (χ0v) is 12.0. The molecule has 1 atom stereocenters. The van der Waals surface area contributed by atoms with E-state index in [-0.39, 0.29) is 17.9 Å². The van der Waals surface area contributed by atoms with Crippen molar-refractivity contribution in [2.24, 2.45) is 0 Å². The Morgan fingerprint density at radius 3 is 2.48 bits per heavy atom. The van der Waals surface area contributed by atoms with E-state index in [0.29, 0.717) is 18.5 Å². The van der Waals surface area contributed by atoms with E-state index in [1.807, 2.05) is 0 Å². The van der Waals surface area contributed by atoms with Crippen LogP contribution in [0.15, 0.2) is 24.3 Å². The first kappa shape index (κ1) is 16.2. The zero-order valence-electron chi connectivity index (χ0n) is 12.0. The highest BCUT2D eigenvalue weighted by Gasteiger charge is 2.37. The number of hydrogen-bond donors (Lipinski definition) is 1. The fourth-order valence-electron chi connectivity index (χ4n) is 2.57. The standard InChI is InChI=1S/C15H20F4N2/c1-20-14(12-4-2-3-5-13(12)16)8-9-21(11-6-7-11)10-15(17,18)19/h2-5,11,14,20H,6-10H2,1H3. The highest BCUT2D eigenvalue weighted by Crippen LogP contribution is 2.31. The largest absolute Gasteiger partial charge is 0.401 e. The van der Waals surface area contributed by atoms with Gasteiger partial charge in [0.05, 0.1) is 6.54 Å². The molecule has 1 aromatic rings. The summed E-state index contributed by atoms with van der Waals surface area (Å²) in [6.45, 7) is -0.574. The van der Waals surface area contributed by atoms with Crippen molar-refractivity contribution in [2.45, 2.75) is 37.5 Å². The molecule has 0 amide bonds. The number of hydrogen-bond acceptors (Lipinski definition) is 2. The molecule has 1 saturated carbocycles. The van der Waals surface area contributed by atoms with Gasteiger partial charge in [-0.25, -0.2) is 4.39 Å². The van der Waals surface area contributed by atoms with E-state index in [1.165, 1.54) is 11.0 Å². The van der Waals surface area contributed by atoms with Gasteiger partial charge in [-0.15, -0.1) is 0 Å². The van der Waals surface area contributed by atoms with Crippen molar-refractivity contribution < 1.29 is 17.6 Å². The van der Waals surface area contributed by atoms with E-state index in [9.17, 15) is 17.6 Å². The number of rotatable bonds is 7. The minimum Gasteiger partial charge on any atom is -0.313 e. The Kier molecular flexibility index (Phi) is 5.22. The van der Waals surface area contributed by atoms with E-state index in [2.05, 4.69) is 5.32 Å². The van der Waals surface area contributed by atoms with E-state index in [1.54, 1.807) is 25.2 Å². The summed E-state index contributed by atoms with van der Waals surface area (Å²) < 4.78 is 51.5. The molecule has 1 aliphatic carbocycles. The Labute approximate surface area is 122 Å². The summed E-state index contributed by atoms with van der Waals surface area (Å²) >= 11 is 0. The predicted molar refractivity (Wildman–Crippen MR) is 73.5 cm³/mol. The van der Waals surface area contributed by atoms with Crippen LogP contribution in [0.4, 0.5) is 17.6 Å². The molecular formula is C15H20F4N2. The molecule has 1 unspecified atom stereocenters. The van der Waals surface area contributed by atoms with Gasteiger partial charge in [0.25, 0.3) is 0 Å². The minimum atomic E-state index is -4.18. The molecule has 2 nitrogen and oxygen atoms in total. The Balaban J connectivity index is 1.96. The third kappa shape index (κ3) is 4.97. The van der Waals surface area contributed by atoms with Gasteiger partial charge >= 0.3 is 6.18 Å². The summed E-state index contributed by atoms with van der Waals surface area (Å²) in [6.07, 6.45) is -2.10. The third-order valence-electron chi connectivity index (χ3n) is 3.78. The van der Waals surface area contributed by atoms with Gasteiger partial charge in [-0.2, -0.15) is 13.2 Å². The first-order chi connectivity index (χ1) is 9.90. The van der Waals surface area contributed by atoms with Crippen LogP contribution in [0.1, 0.15) is 30.9 Å². The first-order valence-corrected chi connectivity index (χ1v) is 7.13. The SMILES string of the molecule is CNC(CCN(CC(F)(F)F)C1CC1)c1ccccc1F. The molecule has 0 bridgehead atoms. The van der Waals surface area contributed by atoms with Gasteiger partial charge in [-0.3, -0.25) is 4.90 Å². The molecule has 0 spiro atoms. The van der Waals surface area contributed by atoms with Gasteiger partial charge in [-0.05, 0) is 32.4 Å². The average Bonchev–Trinajstić information content (AvgIpc) is 3.23. The Hall–Kier alpha value is -1.14. The molecule has 0 aliphatic heterocycles. The van der Waals surface area contributed by atoms with Crippen molar-refractivity contribution in [3.63, 3.8) is 0 Å². The van der Waals surface area contributed by atoms with Crippen molar-refractivity contribution in [1.29, 1.82) is 0 Å². The van der Waals surface area contributed by atoms with Gasteiger partial charge in [0, 0.05) is 24.2 Å². The molecule has 0 heterocycles. The molecule has 1 N–H and O–H groups in total. The van der Waals surface area contributed by atoms with Crippen LogP contribution < -0.4 is 5.32 Å². The lowest BCUT2D eigenvalue weighted by Crippen LogP contribution is -2.38. The second kappa shape index (κ2) is 6.75. The molecule has 1 fully saturated rings. The van der Waals surface area contributed by atoms with Crippen molar-refractivity contribution >= 4 is 0 Å². The van der Waals surface area contributed by atoms with E-state index >= 15 is 0 Å². The van der Waals surface area contributed by atoms with Crippen molar-refractivity contribution in [3.8, 4) is 0 Å². The summed E-state index contributed by atoms with van der Waals surface area (Å²) in [5.41, 5.74) is 0.503. The van der Waals surface area contributed by atoms with Crippen molar-refractivity contribution in [3.05, 3.63) is 35.6 Å². The highest BCUT2D eigenvalue weighted by molar-refractivity contribution is 5.21. The lowest BCUT2D eigenvalue weighted by atomic mass is 10.0. The highest BCUT2D eigenvalue weighted by atomic mass is 19.4. The van der Waals surface area contributed by atoms with Crippen LogP contribution >= 0.6 is 0 Å². The molecule has 6 heteroatoms. The van der Waals surface area contributed by atoms with Crippen LogP contribution in [0.3, 0.4) is 0 Å². The zero-order chi connectivity index (χ0) is 15.5. The Bertz CT molecular complexity index is 457. The number of nitrogens with one attached hydrogen (secondary N) is 1. The van der Waals surface area contributed by atoms with Crippen LogP contribution in [0.25, 0.3) is 0 Å². The van der Waals surface area contributed by atoms with Gasteiger partial charge in [0.2, 0.25) is 0 Å². The van der Waals surface area contributed by atoms with Crippen molar-refractivity contribution in [1.82, 2.24) is 10.2 Å². The van der Waals surface area contributed by atoms with E-state index < -0.39 is 12.7 Å². The monoisotopic (exact) mass is 304 g/mol. The van der Waals surface area contributed by atoms with Gasteiger partial charge in [-0.1, -0.05) is 18.2 Å². The lowest BCUT2D eigenvalue weighted by molar-refractivity contribution is -0.147. The Morgan fingerprint density at radius 2 is 1.95 bits per heavy atom. The van der Waals surface area contributed by atoms with Crippen LogP contribution in [0, 0.1) is 5.82 Å². The topological polar surface area (TPSA) is 15.3 Å². The third-order valence-corrected chi connectivity index (χ3v) is 3.78. The first-order valence-electron chi connectivity index (χ1n) is 7.13. The van der Waals surface area contributed by atoms with Crippen LogP contribution in [-0.4, -0.2) is 37.3 Å². The lowest BCUT2D eigenvalue weighted by Gasteiger charge is -2.26. The quantitative estimate of drug-likeness (QED) is 0.776. The summed E-state index contributed by atoms with van der Waals surface area (Å²) in [6, 6.07) is 6.13. The summed E-state index contributed by atoms with van der Waals surface area (Å²) in [5.74, 6) is -0.328.